The van der Waals surface area contributed by atoms with Gasteiger partial charge in [0.2, 0.25) is 0 Å². The summed E-state index contributed by atoms with van der Waals surface area (Å²) in [4.78, 5) is 13.2. The van der Waals surface area contributed by atoms with Crippen molar-refractivity contribution in [2.24, 2.45) is 5.92 Å². The highest BCUT2D eigenvalue weighted by molar-refractivity contribution is 7.99. The third-order valence-electron chi connectivity index (χ3n) is 3.30. The van der Waals surface area contributed by atoms with Gasteiger partial charge < -0.3 is 10.6 Å². The van der Waals surface area contributed by atoms with Crippen LogP contribution in [-0.2, 0) is 6.42 Å². The van der Waals surface area contributed by atoms with E-state index in [1.54, 1.807) is 11.3 Å². The van der Waals surface area contributed by atoms with Crippen LogP contribution in [0.4, 0.5) is 4.79 Å². The van der Waals surface area contributed by atoms with Gasteiger partial charge in [-0.1, -0.05) is 13.0 Å². The third-order valence-corrected chi connectivity index (χ3v) is 5.24. The fourth-order valence-corrected chi connectivity index (χ4v) is 4.17. The van der Waals surface area contributed by atoms with Gasteiger partial charge in [-0.25, -0.2) is 4.79 Å². The first-order valence-corrected chi connectivity index (χ1v) is 8.92. The Labute approximate surface area is 123 Å². The minimum Gasteiger partial charge on any atom is -0.338 e. The Balaban J connectivity index is 1.62. The monoisotopic (exact) mass is 298 g/mol. The molecule has 0 bridgehead atoms. The molecule has 19 heavy (non-hydrogen) atoms. The first-order chi connectivity index (χ1) is 9.24. The Morgan fingerprint density at radius 3 is 2.95 bits per heavy atom. The van der Waals surface area contributed by atoms with Crippen LogP contribution in [0, 0.1) is 5.92 Å². The normalized spacial score (nSPS) is 17.9. The van der Waals surface area contributed by atoms with Crippen LogP contribution in [0.1, 0.15) is 24.6 Å². The van der Waals surface area contributed by atoms with Gasteiger partial charge in [0.1, 0.15) is 0 Å². The summed E-state index contributed by atoms with van der Waals surface area (Å²) >= 11 is 3.76. The largest absolute Gasteiger partial charge is 0.338 e. The van der Waals surface area contributed by atoms with Crippen molar-refractivity contribution in [1.29, 1.82) is 0 Å². The molecule has 0 unspecified atom stereocenters. The van der Waals surface area contributed by atoms with Crippen LogP contribution in [0.15, 0.2) is 17.5 Å². The average Bonchev–Trinajstić information content (AvgIpc) is 2.90. The molecule has 0 saturated carbocycles. The summed E-state index contributed by atoms with van der Waals surface area (Å²) in [7, 11) is 0. The second-order valence-electron chi connectivity index (χ2n) is 5.13. The van der Waals surface area contributed by atoms with E-state index in [-0.39, 0.29) is 6.03 Å². The van der Waals surface area contributed by atoms with Gasteiger partial charge in [0.25, 0.3) is 0 Å². The summed E-state index contributed by atoms with van der Waals surface area (Å²) in [5.41, 5.74) is 0. The van der Waals surface area contributed by atoms with Crippen molar-refractivity contribution in [3.63, 3.8) is 0 Å². The van der Waals surface area contributed by atoms with Gasteiger partial charge in [0.15, 0.2) is 0 Å². The van der Waals surface area contributed by atoms with E-state index in [0.29, 0.717) is 12.0 Å². The van der Waals surface area contributed by atoms with Crippen molar-refractivity contribution in [3.05, 3.63) is 22.4 Å². The summed E-state index contributed by atoms with van der Waals surface area (Å²) in [5.74, 6) is 2.81. The molecule has 1 aromatic rings. The van der Waals surface area contributed by atoms with Crippen LogP contribution in [0.3, 0.4) is 0 Å². The zero-order chi connectivity index (χ0) is 13.5. The van der Waals surface area contributed by atoms with Crippen molar-refractivity contribution >= 4 is 29.1 Å². The molecule has 1 aromatic heterocycles. The van der Waals surface area contributed by atoms with Crippen molar-refractivity contribution in [2.75, 3.05) is 18.1 Å². The Morgan fingerprint density at radius 2 is 2.26 bits per heavy atom. The molecule has 1 fully saturated rings. The van der Waals surface area contributed by atoms with Crippen molar-refractivity contribution < 1.29 is 4.79 Å². The fourth-order valence-electron chi connectivity index (χ4n) is 2.19. The van der Waals surface area contributed by atoms with Gasteiger partial charge in [0.05, 0.1) is 0 Å². The van der Waals surface area contributed by atoms with Crippen molar-refractivity contribution in [1.82, 2.24) is 10.6 Å². The van der Waals surface area contributed by atoms with Crippen LogP contribution in [-0.4, -0.2) is 30.1 Å². The van der Waals surface area contributed by atoms with E-state index in [1.165, 1.54) is 16.4 Å². The Bertz CT molecular complexity index is 375. The number of carbonyl (C=O) groups excluding carboxylic acids is 1. The predicted octanol–water partition coefficient (Wildman–Crippen LogP) is 3.12. The highest BCUT2D eigenvalue weighted by Gasteiger charge is 2.16. The highest BCUT2D eigenvalue weighted by atomic mass is 32.2. The van der Waals surface area contributed by atoms with Gasteiger partial charge in [-0.2, -0.15) is 11.8 Å². The smallest absolute Gasteiger partial charge is 0.315 e. The highest BCUT2D eigenvalue weighted by Crippen LogP contribution is 2.17. The minimum atomic E-state index is -0.00469. The van der Waals surface area contributed by atoms with Crippen LogP contribution in [0.25, 0.3) is 0 Å². The van der Waals surface area contributed by atoms with Crippen LogP contribution in [0.2, 0.25) is 0 Å². The summed E-state index contributed by atoms with van der Waals surface area (Å²) in [6.45, 7) is 2.92. The van der Waals surface area contributed by atoms with Gasteiger partial charge in [0, 0.05) is 17.5 Å². The van der Waals surface area contributed by atoms with E-state index < -0.39 is 0 Å². The number of nitrogens with one attached hydrogen (secondary N) is 2. The van der Waals surface area contributed by atoms with E-state index in [4.69, 9.17) is 0 Å². The molecule has 2 heterocycles. The summed E-state index contributed by atoms with van der Waals surface area (Å²) in [5, 5.41) is 8.16. The lowest BCUT2D eigenvalue weighted by atomic mass is 10.1. The van der Waals surface area contributed by atoms with E-state index in [0.717, 1.165) is 25.8 Å². The van der Waals surface area contributed by atoms with Crippen molar-refractivity contribution in [3.8, 4) is 0 Å². The zero-order valence-corrected chi connectivity index (χ0v) is 13.0. The van der Waals surface area contributed by atoms with E-state index in [9.17, 15) is 4.79 Å². The minimum absolute atomic E-state index is 0.00469. The van der Waals surface area contributed by atoms with Crippen LogP contribution < -0.4 is 10.6 Å². The predicted molar refractivity (Wildman–Crippen MR) is 84.1 cm³/mol. The lowest BCUT2D eigenvalue weighted by Gasteiger charge is -2.23. The van der Waals surface area contributed by atoms with E-state index in [2.05, 4.69) is 35.1 Å². The van der Waals surface area contributed by atoms with Gasteiger partial charge in [-0.05, 0) is 48.1 Å². The molecule has 0 aromatic carbocycles. The number of carbonyl (C=O) groups is 1. The second kappa shape index (κ2) is 7.80. The summed E-state index contributed by atoms with van der Waals surface area (Å²) in [6.07, 6.45) is 3.24. The molecule has 5 heteroatoms. The average molecular weight is 298 g/mol. The van der Waals surface area contributed by atoms with Crippen molar-refractivity contribution in [2.45, 2.75) is 32.2 Å². The first kappa shape index (κ1) is 14.7. The maximum Gasteiger partial charge on any atom is 0.315 e. The molecule has 2 N–H and O–H groups in total. The summed E-state index contributed by atoms with van der Waals surface area (Å²) < 4.78 is 0. The maximum atomic E-state index is 11.8. The zero-order valence-electron chi connectivity index (χ0n) is 11.4. The molecule has 3 nitrogen and oxygen atoms in total. The first-order valence-electron chi connectivity index (χ1n) is 6.88. The Morgan fingerprint density at radius 1 is 1.47 bits per heavy atom. The number of hydrogen-bond acceptors (Lipinski definition) is 3. The molecule has 106 valence electrons. The van der Waals surface area contributed by atoms with Gasteiger partial charge in [-0.3, -0.25) is 0 Å². The summed E-state index contributed by atoms with van der Waals surface area (Å²) in [6, 6.07) is 4.60. The molecule has 0 radical (unpaired) electrons. The quantitative estimate of drug-likeness (QED) is 0.877. The third kappa shape index (κ3) is 5.45. The Kier molecular flexibility index (Phi) is 6.04. The molecule has 2 rings (SSSR count). The molecule has 2 amide bonds. The molecular weight excluding hydrogens is 276 g/mol. The molecule has 1 aliphatic heterocycles. The number of thiophene rings is 1. The molecular formula is C14H22N2OS2. The van der Waals surface area contributed by atoms with Gasteiger partial charge in [-0.15, -0.1) is 11.3 Å². The number of urea groups is 1. The van der Waals surface area contributed by atoms with Crippen LogP contribution >= 0.6 is 23.1 Å². The number of hydrogen-bond donors (Lipinski definition) is 2. The molecule has 0 aliphatic carbocycles. The SMILES string of the molecule is C[C@H](CNC(=O)NC1CCSCC1)Cc1cccs1. The van der Waals surface area contributed by atoms with Gasteiger partial charge >= 0.3 is 6.03 Å². The molecule has 1 saturated heterocycles. The fraction of sp³-hybridized carbons (Fsp3) is 0.643. The standard InChI is InChI=1S/C14H22N2OS2/c1-11(9-13-3-2-6-19-13)10-15-14(17)16-12-4-7-18-8-5-12/h2-3,6,11-12H,4-5,7-10H2,1H3,(H2,15,16,17)/t11-/m0/s1. The van der Waals surface area contributed by atoms with E-state index >= 15 is 0 Å². The number of rotatable bonds is 5. The molecule has 1 atom stereocenters. The van der Waals surface area contributed by atoms with E-state index in [1.807, 2.05) is 11.8 Å². The topological polar surface area (TPSA) is 41.1 Å². The number of thioether (sulfide) groups is 1. The number of amides is 2. The lowest BCUT2D eigenvalue weighted by Crippen LogP contribution is -2.44. The molecule has 0 spiro atoms. The lowest BCUT2D eigenvalue weighted by molar-refractivity contribution is 0.234. The maximum absolute atomic E-state index is 11.8. The Hall–Kier alpha value is -0.680. The molecule has 1 aliphatic rings. The second-order valence-corrected chi connectivity index (χ2v) is 7.39. The van der Waals surface area contributed by atoms with Crippen LogP contribution in [0.5, 0.6) is 0 Å².